The molecule has 3 atom stereocenters. The maximum absolute atomic E-state index is 11.4. The largest absolute Gasteiger partial charge is 0.377 e. The number of hydrogen-bond acceptors (Lipinski definition) is 4. The van der Waals surface area contributed by atoms with Gasteiger partial charge in [-0.15, -0.1) is 0 Å². The minimum atomic E-state index is -3.18. The van der Waals surface area contributed by atoms with Crippen LogP contribution in [0.4, 0.5) is 0 Å². The minimum absolute atomic E-state index is 0.322. The summed E-state index contributed by atoms with van der Waals surface area (Å²) in [6.07, 6.45) is 7.92. The molecular formula is C15H28N2O3S. The van der Waals surface area contributed by atoms with Crippen LogP contribution in [0.25, 0.3) is 0 Å². The molecule has 1 spiro atoms. The summed E-state index contributed by atoms with van der Waals surface area (Å²) in [6, 6.07) is 0.494. The molecule has 0 radical (unpaired) electrons. The molecule has 0 unspecified atom stereocenters. The Morgan fingerprint density at radius 3 is 2.57 bits per heavy atom. The van der Waals surface area contributed by atoms with Crippen LogP contribution in [0, 0.1) is 11.3 Å². The zero-order valence-electron chi connectivity index (χ0n) is 13.3. The molecule has 6 heteroatoms. The van der Waals surface area contributed by atoms with Crippen molar-refractivity contribution < 1.29 is 13.2 Å². The van der Waals surface area contributed by atoms with E-state index in [0.717, 1.165) is 13.0 Å². The zero-order chi connectivity index (χ0) is 15.3. The first kappa shape index (κ1) is 15.7. The Kier molecular flexibility index (Phi) is 3.88. The average Bonchev–Trinajstić information content (AvgIpc) is 2.91. The number of rotatable bonds is 5. The van der Waals surface area contributed by atoms with E-state index in [9.17, 15) is 8.42 Å². The first-order chi connectivity index (χ1) is 9.74. The van der Waals surface area contributed by atoms with Crippen molar-refractivity contribution in [3.05, 3.63) is 0 Å². The lowest BCUT2D eigenvalue weighted by Crippen LogP contribution is -2.69. The van der Waals surface area contributed by atoms with E-state index in [1.54, 1.807) is 0 Å². The summed E-state index contributed by atoms with van der Waals surface area (Å²) in [5.74, 6) is 0.622. The third-order valence-corrected chi connectivity index (χ3v) is 6.44. The third-order valence-electron chi connectivity index (χ3n) is 5.51. The highest BCUT2D eigenvalue weighted by atomic mass is 32.2. The van der Waals surface area contributed by atoms with E-state index in [1.807, 2.05) is 13.8 Å². The second-order valence-corrected chi connectivity index (χ2v) is 9.55. The van der Waals surface area contributed by atoms with Crippen molar-refractivity contribution in [1.29, 1.82) is 0 Å². The first-order valence-corrected chi connectivity index (χ1v) is 9.97. The number of nitrogens with one attached hydrogen (secondary N) is 2. The molecule has 3 fully saturated rings. The molecule has 1 aliphatic heterocycles. The van der Waals surface area contributed by atoms with Gasteiger partial charge < -0.3 is 10.1 Å². The molecule has 0 aromatic heterocycles. The van der Waals surface area contributed by atoms with Gasteiger partial charge in [0.2, 0.25) is 10.0 Å². The summed E-state index contributed by atoms with van der Waals surface area (Å²) >= 11 is 0. The van der Waals surface area contributed by atoms with Crippen molar-refractivity contribution in [1.82, 2.24) is 10.0 Å². The average molecular weight is 316 g/mol. The van der Waals surface area contributed by atoms with Crippen LogP contribution < -0.4 is 10.0 Å². The molecule has 122 valence electrons. The van der Waals surface area contributed by atoms with E-state index < -0.39 is 15.6 Å². The Bertz CT molecular complexity index is 497. The van der Waals surface area contributed by atoms with Gasteiger partial charge in [0.15, 0.2) is 0 Å². The fourth-order valence-corrected chi connectivity index (χ4v) is 5.99. The van der Waals surface area contributed by atoms with Crippen LogP contribution >= 0.6 is 0 Å². The van der Waals surface area contributed by atoms with Crippen LogP contribution in [0.15, 0.2) is 0 Å². The van der Waals surface area contributed by atoms with E-state index in [-0.39, 0.29) is 0 Å². The van der Waals surface area contributed by atoms with Crippen molar-refractivity contribution in [3.63, 3.8) is 0 Å². The first-order valence-electron chi connectivity index (χ1n) is 8.08. The van der Waals surface area contributed by atoms with Gasteiger partial charge in [-0.2, -0.15) is 0 Å². The quantitative estimate of drug-likeness (QED) is 0.801. The number of ether oxygens (including phenoxy) is 1. The van der Waals surface area contributed by atoms with Gasteiger partial charge in [0, 0.05) is 36.1 Å². The monoisotopic (exact) mass is 316 g/mol. The molecule has 5 nitrogen and oxygen atoms in total. The van der Waals surface area contributed by atoms with Crippen LogP contribution in [0.1, 0.15) is 46.0 Å². The van der Waals surface area contributed by atoms with Crippen LogP contribution in [-0.4, -0.2) is 45.5 Å². The Labute approximate surface area is 128 Å². The highest BCUT2D eigenvalue weighted by Gasteiger charge is 2.64. The van der Waals surface area contributed by atoms with Gasteiger partial charge in [0.25, 0.3) is 0 Å². The normalized spacial score (nSPS) is 34.9. The van der Waals surface area contributed by atoms with Crippen LogP contribution in [0.3, 0.4) is 0 Å². The molecular weight excluding hydrogens is 288 g/mol. The number of hydrogen-bond donors (Lipinski definition) is 2. The maximum atomic E-state index is 11.4. The molecule has 0 aromatic rings. The predicted molar refractivity (Wildman–Crippen MR) is 82.6 cm³/mol. The van der Waals surface area contributed by atoms with Gasteiger partial charge in [-0.3, -0.25) is 0 Å². The van der Waals surface area contributed by atoms with Crippen molar-refractivity contribution >= 4 is 10.0 Å². The van der Waals surface area contributed by atoms with Gasteiger partial charge in [0.1, 0.15) is 0 Å². The van der Waals surface area contributed by atoms with Gasteiger partial charge in [-0.25, -0.2) is 13.1 Å². The van der Waals surface area contributed by atoms with E-state index in [4.69, 9.17) is 4.74 Å². The lowest BCUT2D eigenvalue weighted by atomic mass is 9.54. The molecule has 2 saturated carbocycles. The molecule has 3 aliphatic rings. The summed E-state index contributed by atoms with van der Waals surface area (Å²) in [5, 5.41) is 3.68. The van der Waals surface area contributed by atoms with E-state index in [0.29, 0.717) is 30.0 Å². The van der Waals surface area contributed by atoms with E-state index in [1.165, 1.54) is 31.9 Å². The molecule has 3 rings (SSSR count). The van der Waals surface area contributed by atoms with Crippen molar-refractivity contribution in [2.45, 2.75) is 63.6 Å². The van der Waals surface area contributed by atoms with Crippen LogP contribution in [0.2, 0.25) is 0 Å². The summed E-state index contributed by atoms with van der Waals surface area (Å²) in [4.78, 5) is 0. The van der Waals surface area contributed by atoms with E-state index >= 15 is 0 Å². The molecule has 1 saturated heterocycles. The Balaban J connectivity index is 1.64. The summed E-state index contributed by atoms with van der Waals surface area (Å²) in [5.41, 5.74) is -0.139. The molecule has 0 bridgehead atoms. The lowest BCUT2D eigenvalue weighted by Gasteiger charge is -2.57. The highest BCUT2D eigenvalue weighted by molar-refractivity contribution is 7.88. The summed E-state index contributed by atoms with van der Waals surface area (Å²) in [7, 11) is -3.18. The van der Waals surface area contributed by atoms with Crippen LogP contribution in [-0.2, 0) is 14.8 Å². The maximum Gasteiger partial charge on any atom is 0.209 e. The minimum Gasteiger partial charge on any atom is -0.377 e. The predicted octanol–water partition coefficient (Wildman–Crippen LogP) is 1.25. The Morgan fingerprint density at radius 2 is 1.95 bits per heavy atom. The second-order valence-electron chi connectivity index (χ2n) is 7.80. The van der Waals surface area contributed by atoms with Crippen molar-refractivity contribution in [2.24, 2.45) is 11.3 Å². The molecule has 0 aromatic carbocycles. The molecule has 2 N–H and O–H groups in total. The second kappa shape index (κ2) is 5.18. The fourth-order valence-electron chi connectivity index (χ4n) is 4.91. The lowest BCUT2D eigenvalue weighted by molar-refractivity contribution is -0.131. The van der Waals surface area contributed by atoms with Gasteiger partial charge in [-0.05, 0) is 33.1 Å². The topological polar surface area (TPSA) is 67.4 Å². The fraction of sp³-hybridized carbons (Fsp3) is 1.00. The summed E-state index contributed by atoms with van der Waals surface area (Å²) in [6.45, 7) is 5.42. The van der Waals surface area contributed by atoms with Gasteiger partial charge in [0.05, 0.1) is 12.4 Å². The Morgan fingerprint density at radius 1 is 1.29 bits per heavy atom. The standard InChI is InChI=1S/C15H28N2O3S/c1-14(2,17-21(3,18)19)10-16-12-11-6-9-20-13(11)15(12)7-4-5-8-15/h11-13,16-17H,4-10H2,1-3H3/t11-,12-,13-/m1/s1. The molecule has 0 amide bonds. The Hall–Kier alpha value is -0.170. The molecule has 2 aliphatic carbocycles. The van der Waals surface area contributed by atoms with Crippen molar-refractivity contribution in [3.8, 4) is 0 Å². The molecule has 21 heavy (non-hydrogen) atoms. The van der Waals surface area contributed by atoms with E-state index in [2.05, 4.69) is 10.0 Å². The van der Waals surface area contributed by atoms with Gasteiger partial charge in [-0.1, -0.05) is 12.8 Å². The highest BCUT2D eigenvalue weighted by Crippen LogP contribution is 2.60. The van der Waals surface area contributed by atoms with Crippen molar-refractivity contribution in [2.75, 3.05) is 19.4 Å². The number of fused-ring (bicyclic) bond motifs is 2. The SMILES string of the molecule is CC(C)(CN[C@@H]1[C@H]2CCO[C@H]2C12CCCC2)NS(C)(=O)=O. The third kappa shape index (κ3) is 2.87. The number of sulfonamides is 1. The van der Waals surface area contributed by atoms with Crippen LogP contribution in [0.5, 0.6) is 0 Å². The van der Waals surface area contributed by atoms with Gasteiger partial charge >= 0.3 is 0 Å². The zero-order valence-corrected chi connectivity index (χ0v) is 14.1. The summed E-state index contributed by atoms with van der Waals surface area (Å²) < 4.78 is 31.6. The molecule has 1 heterocycles. The smallest absolute Gasteiger partial charge is 0.209 e.